The lowest BCUT2D eigenvalue weighted by Gasteiger charge is -2.27. The molecular formula is C12H13N3O. The number of hydrogen-bond donors (Lipinski definition) is 2. The van der Waals surface area contributed by atoms with E-state index < -0.39 is 0 Å². The van der Waals surface area contributed by atoms with Crippen molar-refractivity contribution in [2.45, 2.75) is 25.8 Å². The lowest BCUT2D eigenvalue weighted by molar-refractivity contribution is -0.117. The first-order valence-electron chi connectivity index (χ1n) is 5.36. The number of amides is 1. The van der Waals surface area contributed by atoms with Gasteiger partial charge in [0.25, 0.3) is 0 Å². The highest BCUT2D eigenvalue weighted by Crippen LogP contribution is 2.30. The predicted octanol–water partition coefficient (Wildman–Crippen LogP) is 2.09. The number of fused-ring (bicyclic) bond motifs is 1. The molecule has 0 radical (unpaired) electrons. The predicted molar refractivity (Wildman–Crippen MR) is 62.1 cm³/mol. The summed E-state index contributed by atoms with van der Waals surface area (Å²) < 4.78 is 0. The number of anilines is 2. The number of hydrogen-bond acceptors (Lipinski definition) is 3. The first-order valence-corrected chi connectivity index (χ1v) is 5.36. The Labute approximate surface area is 94.3 Å². The van der Waals surface area contributed by atoms with Crippen LogP contribution >= 0.6 is 0 Å². The molecule has 1 atom stereocenters. The fourth-order valence-corrected chi connectivity index (χ4v) is 1.86. The molecule has 4 heteroatoms. The van der Waals surface area contributed by atoms with Gasteiger partial charge in [0.1, 0.15) is 12.1 Å². The Morgan fingerprint density at radius 3 is 3.00 bits per heavy atom. The Kier molecular flexibility index (Phi) is 2.78. The van der Waals surface area contributed by atoms with Gasteiger partial charge in [0.15, 0.2) is 0 Å². The molecule has 1 amide bonds. The maximum atomic E-state index is 11.7. The normalized spacial score (nSPS) is 18.0. The highest BCUT2D eigenvalue weighted by Gasteiger charge is 2.25. The summed E-state index contributed by atoms with van der Waals surface area (Å²) in [6.07, 6.45) is 1.74. The van der Waals surface area contributed by atoms with Crippen LogP contribution in [0, 0.1) is 11.3 Å². The zero-order valence-electron chi connectivity index (χ0n) is 9.08. The van der Waals surface area contributed by atoms with Crippen LogP contribution in [0.3, 0.4) is 0 Å². The summed E-state index contributed by atoms with van der Waals surface area (Å²) in [7, 11) is 0. The van der Waals surface area contributed by atoms with Gasteiger partial charge in [-0.1, -0.05) is 19.4 Å². The van der Waals surface area contributed by atoms with Crippen LogP contribution in [0.4, 0.5) is 11.4 Å². The van der Waals surface area contributed by atoms with Gasteiger partial charge >= 0.3 is 0 Å². The van der Waals surface area contributed by atoms with Gasteiger partial charge in [0.05, 0.1) is 16.9 Å². The molecule has 1 heterocycles. The number of carbonyl (C=O) groups excluding carboxylic acids is 1. The molecule has 0 fully saturated rings. The van der Waals surface area contributed by atoms with Crippen LogP contribution in [-0.4, -0.2) is 11.9 Å². The van der Waals surface area contributed by atoms with E-state index in [0.717, 1.165) is 18.5 Å². The molecule has 2 rings (SSSR count). The van der Waals surface area contributed by atoms with E-state index in [2.05, 4.69) is 16.7 Å². The Balaban J connectivity index is 2.35. The van der Waals surface area contributed by atoms with E-state index in [1.807, 2.05) is 19.1 Å². The third kappa shape index (κ3) is 1.72. The lowest BCUT2D eigenvalue weighted by atomic mass is 10.0. The van der Waals surface area contributed by atoms with E-state index in [1.54, 1.807) is 6.07 Å². The fourth-order valence-electron chi connectivity index (χ4n) is 1.86. The van der Waals surface area contributed by atoms with E-state index in [4.69, 9.17) is 5.26 Å². The van der Waals surface area contributed by atoms with Crippen LogP contribution in [0.2, 0.25) is 0 Å². The molecule has 1 aliphatic rings. The van der Waals surface area contributed by atoms with E-state index in [9.17, 15) is 4.79 Å². The SMILES string of the molecule is CCCC1Nc2cccc(C#N)c2NC1=O. The van der Waals surface area contributed by atoms with E-state index >= 15 is 0 Å². The van der Waals surface area contributed by atoms with Gasteiger partial charge in [0, 0.05) is 0 Å². The minimum atomic E-state index is -0.188. The van der Waals surface area contributed by atoms with Crippen LogP contribution in [0.5, 0.6) is 0 Å². The average molecular weight is 215 g/mol. The van der Waals surface area contributed by atoms with Gasteiger partial charge in [-0.3, -0.25) is 4.79 Å². The zero-order valence-corrected chi connectivity index (χ0v) is 9.08. The number of benzene rings is 1. The molecule has 1 aliphatic heterocycles. The molecular weight excluding hydrogens is 202 g/mol. The van der Waals surface area contributed by atoms with Crippen LogP contribution in [0.1, 0.15) is 25.3 Å². The number of nitrogens with zero attached hydrogens (tertiary/aromatic N) is 1. The summed E-state index contributed by atoms with van der Waals surface area (Å²) in [5.74, 6) is -0.0583. The number of nitrogens with one attached hydrogen (secondary N) is 2. The second-order valence-electron chi connectivity index (χ2n) is 3.81. The fraction of sp³-hybridized carbons (Fsp3) is 0.333. The zero-order chi connectivity index (χ0) is 11.5. The van der Waals surface area contributed by atoms with E-state index in [0.29, 0.717) is 11.3 Å². The van der Waals surface area contributed by atoms with Crippen molar-refractivity contribution in [1.29, 1.82) is 5.26 Å². The molecule has 16 heavy (non-hydrogen) atoms. The quantitative estimate of drug-likeness (QED) is 0.793. The summed E-state index contributed by atoms with van der Waals surface area (Å²) >= 11 is 0. The number of para-hydroxylation sites is 1. The monoisotopic (exact) mass is 215 g/mol. The highest BCUT2D eigenvalue weighted by atomic mass is 16.2. The summed E-state index contributed by atoms with van der Waals surface area (Å²) in [5.41, 5.74) is 1.92. The molecule has 82 valence electrons. The molecule has 2 N–H and O–H groups in total. The van der Waals surface area contributed by atoms with Crippen molar-refractivity contribution in [2.24, 2.45) is 0 Å². The molecule has 0 bridgehead atoms. The molecule has 1 unspecified atom stereocenters. The van der Waals surface area contributed by atoms with Crippen molar-refractivity contribution in [3.8, 4) is 6.07 Å². The molecule has 0 aromatic heterocycles. The summed E-state index contributed by atoms with van der Waals surface area (Å²) in [6, 6.07) is 7.26. The first-order chi connectivity index (χ1) is 7.76. The maximum Gasteiger partial charge on any atom is 0.246 e. The average Bonchev–Trinajstić information content (AvgIpc) is 2.30. The van der Waals surface area contributed by atoms with Crippen LogP contribution in [0.15, 0.2) is 18.2 Å². The first kappa shape index (κ1) is 10.5. The second kappa shape index (κ2) is 4.23. The molecule has 4 nitrogen and oxygen atoms in total. The molecule has 0 aliphatic carbocycles. The summed E-state index contributed by atoms with van der Waals surface area (Å²) in [5, 5.41) is 14.9. The van der Waals surface area contributed by atoms with E-state index in [1.165, 1.54) is 0 Å². The van der Waals surface area contributed by atoms with Crippen molar-refractivity contribution in [3.05, 3.63) is 23.8 Å². The second-order valence-corrected chi connectivity index (χ2v) is 3.81. The minimum Gasteiger partial charge on any atom is -0.372 e. The number of carbonyl (C=O) groups is 1. The topological polar surface area (TPSA) is 64.9 Å². The molecule has 0 spiro atoms. The van der Waals surface area contributed by atoms with Crippen LogP contribution in [-0.2, 0) is 4.79 Å². The van der Waals surface area contributed by atoms with Gasteiger partial charge in [-0.25, -0.2) is 0 Å². The highest BCUT2D eigenvalue weighted by molar-refractivity contribution is 6.04. The van der Waals surface area contributed by atoms with Gasteiger partial charge in [0.2, 0.25) is 5.91 Å². The number of rotatable bonds is 2. The standard InChI is InChI=1S/C12H13N3O/c1-2-4-10-12(16)15-11-8(7-13)5-3-6-9(11)14-10/h3,5-6,10,14H,2,4H2,1H3,(H,15,16). The van der Waals surface area contributed by atoms with Crippen molar-refractivity contribution in [2.75, 3.05) is 10.6 Å². The van der Waals surface area contributed by atoms with Gasteiger partial charge in [-0.15, -0.1) is 0 Å². The third-order valence-electron chi connectivity index (χ3n) is 2.66. The van der Waals surface area contributed by atoms with Gasteiger partial charge in [-0.05, 0) is 18.6 Å². The van der Waals surface area contributed by atoms with Crippen LogP contribution in [0.25, 0.3) is 0 Å². The van der Waals surface area contributed by atoms with Gasteiger partial charge < -0.3 is 10.6 Å². The molecule has 1 aromatic carbocycles. The van der Waals surface area contributed by atoms with Crippen LogP contribution < -0.4 is 10.6 Å². The minimum absolute atomic E-state index is 0.0583. The Morgan fingerprint density at radius 1 is 1.50 bits per heavy atom. The third-order valence-corrected chi connectivity index (χ3v) is 2.66. The summed E-state index contributed by atoms with van der Waals surface area (Å²) in [6.45, 7) is 2.04. The number of nitriles is 1. The smallest absolute Gasteiger partial charge is 0.246 e. The molecule has 0 saturated carbocycles. The molecule has 1 aromatic rings. The van der Waals surface area contributed by atoms with Crippen molar-refractivity contribution in [1.82, 2.24) is 0 Å². The molecule has 0 saturated heterocycles. The lowest BCUT2D eigenvalue weighted by Crippen LogP contribution is -2.38. The van der Waals surface area contributed by atoms with Crippen molar-refractivity contribution in [3.63, 3.8) is 0 Å². The summed E-state index contributed by atoms with van der Waals surface area (Å²) in [4.78, 5) is 11.7. The van der Waals surface area contributed by atoms with Crippen molar-refractivity contribution < 1.29 is 4.79 Å². The Hall–Kier alpha value is -2.02. The largest absolute Gasteiger partial charge is 0.372 e. The van der Waals surface area contributed by atoms with Gasteiger partial charge in [-0.2, -0.15) is 5.26 Å². The Bertz CT molecular complexity index is 462. The van der Waals surface area contributed by atoms with Crippen molar-refractivity contribution >= 4 is 17.3 Å². The Morgan fingerprint density at radius 2 is 2.31 bits per heavy atom. The maximum absolute atomic E-state index is 11.7. The van der Waals surface area contributed by atoms with E-state index in [-0.39, 0.29) is 11.9 Å².